The third kappa shape index (κ3) is 9.10. The van der Waals surface area contributed by atoms with Crippen molar-refractivity contribution in [3.63, 3.8) is 0 Å². The van der Waals surface area contributed by atoms with Crippen molar-refractivity contribution in [2.45, 2.75) is 27.7 Å². The first-order chi connectivity index (χ1) is 17.2. The number of rotatable bonds is 14. The molecule has 0 aliphatic rings. The maximum atomic E-state index is 11.7. The first-order valence-electron chi connectivity index (χ1n) is 12.3. The number of anilines is 2. The Balaban J connectivity index is 2.05. The largest absolute Gasteiger partial charge is 0.460 e. The number of carbonyl (C=O) groups excluding carboxylic acids is 2. The van der Waals surface area contributed by atoms with E-state index in [1.165, 1.54) is 5.69 Å². The van der Waals surface area contributed by atoms with Crippen LogP contribution in [0.2, 0.25) is 0 Å². The summed E-state index contributed by atoms with van der Waals surface area (Å²) in [7, 11) is 0. The molecule has 6 nitrogen and oxygen atoms in total. The fourth-order valence-corrected chi connectivity index (χ4v) is 3.49. The van der Waals surface area contributed by atoms with Crippen LogP contribution >= 0.6 is 0 Å². The molecule has 0 N–H and O–H groups in total. The Bertz CT molecular complexity index is 1020. The van der Waals surface area contributed by atoms with E-state index in [1.807, 2.05) is 29.2 Å². The van der Waals surface area contributed by atoms with E-state index in [9.17, 15) is 9.59 Å². The summed E-state index contributed by atoms with van der Waals surface area (Å²) in [5, 5.41) is 0. The quantitative estimate of drug-likeness (QED) is 0.191. The van der Waals surface area contributed by atoms with Crippen molar-refractivity contribution in [1.82, 2.24) is 0 Å². The number of hydrogen-bond acceptors (Lipinski definition) is 6. The van der Waals surface area contributed by atoms with Crippen molar-refractivity contribution in [2.24, 2.45) is 0 Å². The highest BCUT2D eigenvalue weighted by molar-refractivity contribution is 5.87. The third-order valence-electron chi connectivity index (χ3n) is 5.63. The molecule has 0 atom stereocenters. The second-order valence-electron chi connectivity index (χ2n) is 8.51. The van der Waals surface area contributed by atoms with Crippen molar-refractivity contribution < 1.29 is 19.1 Å². The fraction of sp³-hybridized carbons (Fsp3) is 0.333. The van der Waals surface area contributed by atoms with Crippen LogP contribution in [-0.4, -0.2) is 51.3 Å². The van der Waals surface area contributed by atoms with Crippen LogP contribution in [0.3, 0.4) is 0 Å². The molecule has 0 aliphatic heterocycles. The van der Waals surface area contributed by atoms with Gasteiger partial charge in [0.1, 0.15) is 13.2 Å². The SMILES string of the molecule is C=C(C)C(=O)OCCN(CCOC(=O)C(=C)C)c1ccc(C=Cc2ccc(N(CC)CC)cc2)cc1. The van der Waals surface area contributed by atoms with E-state index < -0.39 is 11.9 Å². The molecule has 0 spiro atoms. The van der Waals surface area contributed by atoms with Gasteiger partial charge < -0.3 is 19.3 Å². The van der Waals surface area contributed by atoms with Crippen LogP contribution in [-0.2, 0) is 19.1 Å². The molecule has 0 heterocycles. The lowest BCUT2D eigenvalue weighted by Crippen LogP contribution is -2.32. The van der Waals surface area contributed by atoms with Crippen LogP contribution in [0.4, 0.5) is 11.4 Å². The molecule has 0 saturated heterocycles. The highest BCUT2D eigenvalue weighted by Crippen LogP contribution is 2.19. The van der Waals surface area contributed by atoms with Gasteiger partial charge in [-0.25, -0.2) is 9.59 Å². The second kappa shape index (κ2) is 14.6. The van der Waals surface area contributed by atoms with Gasteiger partial charge in [0.25, 0.3) is 0 Å². The molecule has 2 aromatic rings. The molecule has 2 rings (SSSR count). The van der Waals surface area contributed by atoms with Gasteiger partial charge in [-0.15, -0.1) is 0 Å². The standard InChI is InChI=1S/C30H38N2O4/c1-7-31(8-2)27-15-11-25(12-16-27)9-10-26-13-17-28(18-14-26)32(19-21-35-29(33)23(3)4)20-22-36-30(34)24(5)6/h9-18H,3,5,7-8,19-22H2,1-2,4,6H3. The van der Waals surface area contributed by atoms with Gasteiger partial charge in [0.15, 0.2) is 0 Å². The Labute approximate surface area is 215 Å². The minimum Gasteiger partial charge on any atom is -0.460 e. The minimum absolute atomic E-state index is 0.200. The summed E-state index contributed by atoms with van der Waals surface area (Å²) >= 11 is 0. The first-order valence-corrected chi connectivity index (χ1v) is 12.3. The van der Waals surface area contributed by atoms with E-state index in [-0.39, 0.29) is 13.2 Å². The molecule has 0 aromatic heterocycles. The van der Waals surface area contributed by atoms with Crippen molar-refractivity contribution >= 4 is 35.5 Å². The number of nitrogens with zero attached hydrogens (tertiary/aromatic N) is 2. The Morgan fingerprint density at radius 3 is 1.39 bits per heavy atom. The summed E-state index contributed by atoms with van der Waals surface area (Å²) < 4.78 is 10.5. The summed E-state index contributed by atoms with van der Waals surface area (Å²) in [5.41, 5.74) is 5.08. The van der Waals surface area contributed by atoms with Gasteiger partial charge in [0, 0.05) is 35.6 Å². The molecule has 0 unspecified atom stereocenters. The molecule has 36 heavy (non-hydrogen) atoms. The number of hydrogen-bond donors (Lipinski definition) is 0. The second-order valence-corrected chi connectivity index (χ2v) is 8.51. The summed E-state index contributed by atoms with van der Waals surface area (Å²) in [6, 6.07) is 16.6. The molecule has 0 aliphatic carbocycles. The molecule has 0 bridgehead atoms. The predicted octanol–water partition coefficient (Wildman–Crippen LogP) is 5.75. The zero-order valence-electron chi connectivity index (χ0n) is 22.0. The maximum Gasteiger partial charge on any atom is 0.333 e. The highest BCUT2D eigenvalue weighted by Gasteiger charge is 2.11. The van der Waals surface area contributed by atoms with Gasteiger partial charge in [-0.2, -0.15) is 0 Å². The molecular formula is C30H38N2O4. The Morgan fingerprint density at radius 2 is 1.06 bits per heavy atom. The average molecular weight is 491 g/mol. The van der Waals surface area contributed by atoms with E-state index in [0.29, 0.717) is 24.2 Å². The van der Waals surface area contributed by atoms with Crippen molar-refractivity contribution in [3.05, 3.63) is 84.0 Å². The molecule has 192 valence electrons. The topological polar surface area (TPSA) is 59.1 Å². The smallest absolute Gasteiger partial charge is 0.333 e. The third-order valence-corrected chi connectivity index (χ3v) is 5.63. The zero-order valence-corrected chi connectivity index (χ0v) is 22.0. The summed E-state index contributed by atoms with van der Waals surface area (Å²) in [6.07, 6.45) is 4.16. The molecular weight excluding hydrogens is 452 g/mol. The van der Waals surface area contributed by atoms with Crippen LogP contribution in [0.5, 0.6) is 0 Å². The van der Waals surface area contributed by atoms with Crippen LogP contribution < -0.4 is 9.80 Å². The van der Waals surface area contributed by atoms with Crippen LogP contribution in [0.1, 0.15) is 38.8 Å². The molecule has 0 radical (unpaired) electrons. The first kappa shape index (κ1) is 28.4. The van der Waals surface area contributed by atoms with Gasteiger partial charge in [-0.3, -0.25) is 0 Å². The van der Waals surface area contributed by atoms with E-state index in [0.717, 1.165) is 29.9 Å². The van der Waals surface area contributed by atoms with Crippen molar-refractivity contribution in [1.29, 1.82) is 0 Å². The molecule has 2 aromatic carbocycles. The van der Waals surface area contributed by atoms with E-state index >= 15 is 0 Å². The number of esters is 2. The van der Waals surface area contributed by atoms with Gasteiger partial charge >= 0.3 is 11.9 Å². The van der Waals surface area contributed by atoms with E-state index in [2.05, 4.69) is 68.3 Å². The molecule has 0 amide bonds. The van der Waals surface area contributed by atoms with E-state index in [4.69, 9.17) is 9.47 Å². The fourth-order valence-electron chi connectivity index (χ4n) is 3.49. The number of ether oxygens (including phenoxy) is 2. The Hall–Kier alpha value is -3.80. The Morgan fingerprint density at radius 1 is 0.694 bits per heavy atom. The number of carbonyl (C=O) groups is 2. The van der Waals surface area contributed by atoms with Gasteiger partial charge in [-0.1, -0.05) is 49.6 Å². The van der Waals surface area contributed by atoms with Crippen molar-refractivity contribution in [3.8, 4) is 0 Å². The van der Waals surface area contributed by atoms with Gasteiger partial charge in [0.2, 0.25) is 0 Å². The minimum atomic E-state index is -0.422. The lowest BCUT2D eigenvalue weighted by Gasteiger charge is -2.24. The van der Waals surface area contributed by atoms with Crippen LogP contribution in [0.25, 0.3) is 12.2 Å². The molecule has 6 heteroatoms. The van der Waals surface area contributed by atoms with Gasteiger partial charge in [0.05, 0.1) is 13.1 Å². The normalized spacial score (nSPS) is 10.7. The highest BCUT2D eigenvalue weighted by atomic mass is 16.5. The lowest BCUT2D eigenvalue weighted by atomic mass is 10.1. The Kier molecular flexibility index (Phi) is 11.5. The molecule has 0 fully saturated rings. The zero-order chi connectivity index (χ0) is 26.5. The van der Waals surface area contributed by atoms with Crippen LogP contribution in [0, 0.1) is 0 Å². The predicted molar refractivity (Wildman–Crippen MR) is 149 cm³/mol. The maximum absolute atomic E-state index is 11.7. The molecule has 0 saturated carbocycles. The van der Waals surface area contributed by atoms with Crippen molar-refractivity contribution in [2.75, 3.05) is 49.2 Å². The number of benzene rings is 2. The summed E-state index contributed by atoms with van der Waals surface area (Å²) in [5.74, 6) is -0.844. The van der Waals surface area contributed by atoms with E-state index in [1.54, 1.807) is 13.8 Å². The van der Waals surface area contributed by atoms with Gasteiger partial charge in [-0.05, 0) is 63.1 Å². The summed E-state index contributed by atoms with van der Waals surface area (Å²) in [6.45, 7) is 18.0. The lowest BCUT2D eigenvalue weighted by molar-refractivity contribution is -0.139. The van der Waals surface area contributed by atoms with Crippen LogP contribution in [0.15, 0.2) is 72.8 Å². The summed E-state index contributed by atoms with van der Waals surface area (Å²) in [4.78, 5) is 27.8. The monoisotopic (exact) mass is 490 g/mol. The average Bonchev–Trinajstić information content (AvgIpc) is 2.88.